The van der Waals surface area contributed by atoms with Crippen molar-refractivity contribution in [1.29, 1.82) is 0 Å². The van der Waals surface area contributed by atoms with Crippen LogP contribution >= 0.6 is 0 Å². The quantitative estimate of drug-likeness (QED) is 0.811. The number of hydrogen-bond acceptors (Lipinski definition) is 3. The predicted octanol–water partition coefficient (Wildman–Crippen LogP) is 3.30. The topological polar surface area (TPSA) is 47.4 Å². The Labute approximate surface area is 130 Å². The summed E-state index contributed by atoms with van der Waals surface area (Å²) in [6.45, 7) is 7.50. The van der Waals surface area contributed by atoms with Crippen LogP contribution in [0.4, 0.5) is 4.79 Å². The Morgan fingerprint density at radius 1 is 1.18 bits per heavy atom. The number of amides is 1. The maximum Gasteiger partial charge on any atom is 0.410 e. The third-order valence-electron chi connectivity index (χ3n) is 3.52. The summed E-state index contributed by atoms with van der Waals surface area (Å²) < 4.78 is 7.42. The molecular formula is C17H21N3O2. The van der Waals surface area contributed by atoms with E-state index in [9.17, 15) is 4.79 Å². The molecule has 0 unspecified atom stereocenters. The van der Waals surface area contributed by atoms with Gasteiger partial charge >= 0.3 is 6.09 Å². The van der Waals surface area contributed by atoms with Gasteiger partial charge in [-0.3, -0.25) is 4.68 Å². The molecule has 5 nitrogen and oxygen atoms in total. The molecule has 0 saturated heterocycles. The van der Waals surface area contributed by atoms with Crippen LogP contribution in [0.1, 0.15) is 26.5 Å². The SMILES string of the molecule is CC(C)(C)OC(=O)N1CCn2nc(-c3ccccc3)cc2C1. The maximum atomic E-state index is 12.2. The number of rotatable bonds is 1. The van der Waals surface area contributed by atoms with E-state index in [1.807, 2.05) is 61.9 Å². The molecule has 3 rings (SSSR count). The highest BCUT2D eigenvalue weighted by Gasteiger charge is 2.26. The fourth-order valence-corrected chi connectivity index (χ4v) is 2.50. The predicted molar refractivity (Wildman–Crippen MR) is 84.3 cm³/mol. The minimum atomic E-state index is -0.468. The summed E-state index contributed by atoms with van der Waals surface area (Å²) in [4.78, 5) is 13.9. The first kappa shape index (κ1) is 14.6. The lowest BCUT2D eigenvalue weighted by atomic mass is 10.1. The van der Waals surface area contributed by atoms with E-state index in [0.29, 0.717) is 19.6 Å². The van der Waals surface area contributed by atoms with Crippen LogP contribution in [0.25, 0.3) is 11.3 Å². The lowest BCUT2D eigenvalue weighted by Gasteiger charge is -2.30. The van der Waals surface area contributed by atoms with Gasteiger partial charge in [0.1, 0.15) is 5.60 Å². The lowest BCUT2D eigenvalue weighted by molar-refractivity contribution is 0.0194. The summed E-state index contributed by atoms with van der Waals surface area (Å²) in [7, 11) is 0. The van der Waals surface area contributed by atoms with Crippen molar-refractivity contribution < 1.29 is 9.53 Å². The summed E-state index contributed by atoms with van der Waals surface area (Å²) in [6.07, 6.45) is -0.263. The number of ether oxygens (including phenoxy) is 1. The van der Waals surface area contributed by atoms with Gasteiger partial charge in [-0.15, -0.1) is 0 Å². The first-order valence-corrected chi connectivity index (χ1v) is 7.52. The van der Waals surface area contributed by atoms with Crippen molar-refractivity contribution in [2.24, 2.45) is 0 Å². The van der Waals surface area contributed by atoms with Gasteiger partial charge in [0.2, 0.25) is 0 Å². The molecule has 1 aromatic heterocycles. The Balaban J connectivity index is 1.77. The number of fused-ring (bicyclic) bond motifs is 1. The van der Waals surface area contributed by atoms with E-state index >= 15 is 0 Å². The van der Waals surface area contributed by atoms with E-state index in [1.165, 1.54) is 0 Å². The number of hydrogen-bond donors (Lipinski definition) is 0. The Morgan fingerprint density at radius 2 is 1.91 bits per heavy atom. The number of benzene rings is 1. The van der Waals surface area contributed by atoms with Crippen molar-refractivity contribution in [2.75, 3.05) is 6.54 Å². The molecule has 116 valence electrons. The molecule has 0 N–H and O–H groups in total. The van der Waals surface area contributed by atoms with Crippen LogP contribution in [0.2, 0.25) is 0 Å². The zero-order valence-corrected chi connectivity index (χ0v) is 13.2. The zero-order valence-electron chi connectivity index (χ0n) is 13.2. The second-order valence-electron chi connectivity index (χ2n) is 6.51. The molecule has 0 bridgehead atoms. The van der Waals surface area contributed by atoms with Crippen LogP contribution in [0.15, 0.2) is 36.4 Å². The van der Waals surface area contributed by atoms with E-state index in [-0.39, 0.29) is 6.09 Å². The summed E-state index contributed by atoms with van der Waals surface area (Å²) in [5.41, 5.74) is 2.61. The smallest absolute Gasteiger partial charge is 0.410 e. The molecule has 5 heteroatoms. The van der Waals surface area contributed by atoms with Gasteiger partial charge in [-0.2, -0.15) is 5.10 Å². The van der Waals surface area contributed by atoms with Crippen LogP contribution in [-0.4, -0.2) is 32.9 Å². The van der Waals surface area contributed by atoms with E-state index in [0.717, 1.165) is 17.0 Å². The molecule has 1 aliphatic heterocycles. The van der Waals surface area contributed by atoms with Gasteiger partial charge in [-0.1, -0.05) is 30.3 Å². The largest absolute Gasteiger partial charge is 0.444 e. The normalized spacial score (nSPS) is 14.6. The molecule has 2 heterocycles. The van der Waals surface area contributed by atoms with Gasteiger partial charge in [0.25, 0.3) is 0 Å². The molecule has 1 amide bonds. The van der Waals surface area contributed by atoms with E-state index in [1.54, 1.807) is 4.90 Å². The number of carbonyl (C=O) groups excluding carboxylic acids is 1. The van der Waals surface area contributed by atoms with Gasteiger partial charge in [0.15, 0.2) is 0 Å². The standard InChI is InChI=1S/C17H21N3O2/c1-17(2,3)22-16(21)19-9-10-20-14(12-19)11-15(18-20)13-7-5-4-6-8-13/h4-8,11H,9-10,12H2,1-3H3. The summed E-state index contributed by atoms with van der Waals surface area (Å²) in [5, 5.41) is 4.63. The molecule has 0 fully saturated rings. The molecule has 1 aromatic carbocycles. The Kier molecular flexibility index (Phi) is 3.64. The highest BCUT2D eigenvalue weighted by atomic mass is 16.6. The molecular weight excluding hydrogens is 278 g/mol. The number of nitrogens with zero attached hydrogens (tertiary/aromatic N) is 3. The molecule has 0 radical (unpaired) electrons. The third-order valence-corrected chi connectivity index (χ3v) is 3.52. The Bertz CT molecular complexity index is 671. The fourth-order valence-electron chi connectivity index (χ4n) is 2.50. The van der Waals surface area contributed by atoms with Crippen LogP contribution in [-0.2, 0) is 17.8 Å². The Morgan fingerprint density at radius 3 is 2.59 bits per heavy atom. The van der Waals surface area contributed by atoms with Crippen LogP contribution in [0.5, 0.6) is 0 Å². The van der Waals surface area contributed by atoms with Crippen molar-refractivity contribution in [2.45, 2.75) is 39.5 Å². The molecule has 2 aromatic rings. The van der Waals surface area contributed by atoms with Crippen molar-refractivity contribution in [1.82, 2.24) is 14.7 Å². The van der Waals surface area contributed by atoms with E-state index in [2.05, 4.69) is 5.10 Å². The average molecular weight is 299 g/mol. The van der Waals surface area contributed by atoms with E-state index in [4.69, 9.17) is 4.74 Å². The summed E-state index contributed by atoms with van der Waals surface area (Å²) in [6, 6.07) is 12.1. The van der Waals surface area contributed by atoms with Crippen molar-refractivity contribution >= 4 is 6.09 Å². The highest BCUT2D eigenvalue weighted by molar-refractivity contribution is 5.68. The first-order chi connectivity index (χ1) is 10.4. The van der Waals surface area contributed by atoms with Gasteiger partial charge in [0, 0.05) is 12.1 Å². The minimum Gasteiger partial charge on any atom is -0.444 e. The van der Waals surface area contributed by atoms with Crippen LogP contribution in [0, 0.1) is 0 Å². The van der Waals surface area contributed by atoms with Crippen molar-refractivity contribution in [3.05, 3.63) is 42.1 Å². The summed E-state index contributed by atoms with van der Waals surface area (Å²) in [5.74, 6) is 0. The average Bonchev–Trinajstić information content (AvgIpc) is 2.89. The monoisotopic (exact) mass is 299 g/mol. The highest BCUT2D eigenvalue weighted by Crippen LogP contribution is 2.22. The molecule has 0 saturated carbocycles. The van der Waals surface area contributed by atoms with Crippen molar-refractivity contribution in [3.63, 3.8) is 0 Å². The fraction of sp³-hybridized carbons (Fsp3) is 0.412. The van der Waals surface area contributed by atoms with Gasteiger partial charge in [-0.25, -0.2) is 4.79 Å². The molecule has 22 heavy (non-hydrogen) atoms. The van der Waals surface area contributed by atoms with E-state index < -0.39 is 5.60 Å². The van der Waals surface area contributed by atoms with Gasteiger partial charge in [0.05, 0.1) is 24.5 Å². The number of carbonyl (C=O) groups is 1. The molecule has 0 spiro atoms. The van der Waals surface area contributed by atoms with Crippen LogP contribution in [0.3, 0.4) is 0 Å². The molecule has 0 aliphatic carbocycles. The zero-order chi connectivity index (χ0) is 15.7. The van der Waals surface area contributed by atoms with Gasteiger partial charge < -0.3 is 9.64 Å². The minimum absolute atomic E-state index is 0.263. The third kappa shape index (κ3) is 3.13. The Hall–Kier alpha value is -2.30. The molecule has 0 atom stereocenters. The van der Waals surface area contributed by atoms with Crippen LogP contribution < -0.4 is 0 Å². The van der Waals surface area contributed by atoms with Gasteiger partial charge in [-0.05, 0) is 26.8 Å². The lowest BCUT2D eigenvalue weighted by Crippen LogP contribution is -2.41. The maximum absolute atomic E-state index is 12.2. The second-order valence-corrected chi connectivity index (χ2v) is 6.51. The first-order valence-electron chi connectivity index (χ1n) is 7.52. The molecule has 1 aliphatic rings. The van der Waals surface area contributed by atoms with Crippen molar-refractivity contribution in [3.8, 4) is 11.3 Å². The number of aromatic nitrogens is 2. The summed E-state index contributed by atoms with van der Waals surface area (Å²) >= 11 is 0. The second kappa shape index (κ2) is 5.48.